The summed E-state index contributed by atoms with van der Waals surface area (Å²) >= 11 is 0. The van der Waals surface area contributed by atoms with Crippen molar-refractivity contribution in [3.8, 4) is 11.5 Å². The highest BCUT2D eigenvalue weighted by Crippen LogP contribution is 2.35. The molecule has 4 rings (SSSR count). The van der Waals surface area contributed by atoms with Crippen LogP contribution in [0.25, 0.3) is 0 Å². The largest absolute Gasteiger partial charge is 0.507 e. The van der Waals surface area contributed by atoms with E-state index in [2.05, 4.69) is 97.9 Å². The third-order valence-electron chi connectivity index (χ3n) is 8.57. The van der Waals surface area contributed by atoms with Crippen LogP contribution in [0.5, 0.6) is 11.5 Å². The summed E-state index contributed by atoms with van der Waals surface area (Å²) in [6.45, 7) is 16.6. The van der Waals surface area contributed by atoms with Crippen LogP contribution in [0, 0.1) is 55.4 Å². The molecule has 1 atom stereocenters. The van der Waals surface area contributed by atoms with Crippen molar-refractivity contribution in [3.63, 3.8) is 0 Å². The van der Waals surface area contributed by atoms with Gasteiger partial charge in [-0.05, 0) is 122 Å². The molecule has 4 aromatic rings. The second-order valence-electron chi connectivity index (χ2n) is 12.2. The lowest BCUT2D eigenvalue weighted by molar-refractivity contribution is 0.0530. The fourth-order valence-electron chi connectivity index (χ4n) is 5.91. The van der Waals surface area contributed by atoms with Crippen LogP contribution in [-0.2, 0) is 19.3 Å². The maximum atomic E-state index is 11.5. The highest BCUT2D eigenvalue weighted by Gasteiger charge is 2.18. The SMILES string of the molecule is Cc1cc(Cc2cc(C)c(C)c(C)c2)c(O)c(Cc2cc(C)cc(Cc3cc(C)c(C)c(C)c3)c2OCC(O)CO)c1. The Morgan fingerprint density at radius 1 is 0.571 bits per heavy atom. The Morgan fingerprint density at radius 2 is 0.952 bits per heavy atom. The predicted octanol–water partition coefficient (Wildman–Crippen LogP) is 7.36. The van der Waals surface area contributed by atoms with Crippen molar-refractivity contribution in [2.45, 2.75) is 80.8 Å². The van der Waals surface area contributed by atoms with Crippen LogP contribution in [0.1, 0.15) is 77.9 Å². The molecule has 0 aliphatic heterocycles. The molecule has 4 nitrogen and oxygen atoms in total. The van der Waals surface area contributed by atoms with Gasteiger partial charge in [0, 0.05) is 19.3 Å². The number of aliphatic hydroxyl groups excluding tert-OH is 2. The topological polar surface area (TPSA) is 69.9 Å². The Morgan fingerprint density at radius 3 is 1.40 bits per heavy atom. The van der Waals surface area contributed by atoms with Crippen molar-refractivity contribution in [1.29, 1.82) is 0 Å². The molecule has 0 spiro atoms. The van der Waals surface area contributed by atoms with Crippen LogP contribution in [0.15, 0.2) is 48.5 Å². The van der Waals surface area contributed by atoms with Crippen molar-refractivity contribution < 1.29 is 20.1 Å². The van der Waals surface area contributed by atoms with Gasteiger partial charge < -0.3 is 20.1 Å². The number of aliphatic hydroxyl groups is 2. The van der Waals surface area contributed by atoms with E-state index in [1.807, 2.05) is 6.07 Å². The van der Waals surface area contributed by atoms with E-state index >= 15 is 0 Å². The van der Waals surface area contributed by atoms with Crippen molar-refractivity contribution in [2.24, 2.45) is 0 Å². The van der Waals surface area contributed by atoms with E-state index < -0.39 is 6.10 Å². The van der Waals surface area contributed by atoms with Gasteiger partial charge in [-0.15, -0.1) is 0 Å². The first kappa shape index (κ1) is 31.3. The summed E-state index contributed by atoms with van der Waals surface area (Å²) in [5, 5.41) is 31.1. The molecule has 0 radical (unpaired) electrons. The molecule has 0 saturated heterocycles. The Hall–Kier alpha value is -3.60. The number of phenolic OH excluding ortho intramolecular Hbond substituents is 1. The third-order valence-corrected chi connectivity index (χ3v) is 8.57. The van der Waals surface area contributed by atoms with Gasteiger partial charge >= 0.3 is 0 Å². The molecular weight excluding hydrogens is 520 g/mol. The number of hydrogen-bond donors (Lipinski definition) is 3. The summed E-state index contributed by atoms with van der Waals surface area (Å²) in [7, 11) is 0. The lowest BCUT2D eigenvalue weighted by atomic mass is 9.90. The van der Waals surface area contributed by atoms with Crippen LogP contribution in [0.2, 0.25) is 0 Å². The normalized spacial score (nSPS) is 12.0. The second kappa shape index (κ2) is 13.1. The summed E-state index contributed by atoms with van der Waals surface area (Å²) in [5.74, 6) is 1.02. The van der Waals surface area contributed by atoms with Gasteiger partial charge in [0.1, 0.15) is 24.2 Å². The number of rotatable bonds is 10. The van der Waals surface area contributed by atoms with Crippen LogP contribution in [0.4, 0.5) is 0 Å². The van der Waals surface area contributed by atoms with Gasteiger partial charge in [0.15, 0.2) is 0 Å². The van der Waals surface area contributed by atoms with Gasteiger partial charge in [0.05, 0.1) is 6.61 Å². The van der Waals surface area contributed by atoms with Gasteiger partial charge in [-0.3, -0.25) is 0 Å². The predicted molar refractivity (Wildman–Crippen MR) is 172 cm³/mol. The molecule has 0 aliphatic rings. The number of phenols is 1. The average molecular weight is 567 g/mol. The summed E-state index contributed by atoms with van der Waals surface area (Å²) in [5.41, 5.74) is 15.9. The molecule has 3 N–H and O–H groups in total. The fraction of sp³-hybridized carbons (Fsp3) is 0.368. The molecule has 4 heteroatoms. The first-order valence-corrected chi connectivity index (χ1v) is 14.8. The average Bonchev–Trinajstić information content (AvgIpc) is 2.92. The van der Waals surface area contributed by atoms with Gasteiger partial charge in [0.2, 0.25) is 0 Å². The molecule has 0 bridgehead atoms. The molecule has 0 aromatic heterocycles. The zero-order valence-electron chi connectivity index (χ0n) is 26.5. The number of benzene rings is 4. The number of aryl methyl sites for hydroxylation is 6. The van der Waals surface area contributed by atoms with Crippen molar-refractivity contribution in [2.75, 3.05) is 13.2 Å². The standard InChI is InChI=1S/C38H46O4/c1-22-9-32(17-30-13-24(3)28(7)25(4)14-30)37(41)33(10-22)19-35-12-23(2)11-34(38(35)42-21-36(40)20-39)18-31-15-26(5)29(8)27(6)16-31/h9-16,36,39-41H,17-21H2,1-8H3. The summed E-state index contributed by atoms with van der Waals surface area (Å²) < 4.78 is 6.25. The minimum absolute atomic E-state index is 0.0112. The smallest absolute Gasteiger partial charge is 0.126 e. The molecule has 4 aromatic carbocycles. The summed E-state index contributed by atoms with van der Waals surface area (Å²) in [6, 6.07) is 17.2. The molecule has 0 amide bonds. The van der Waals surface area contributed by atoms with E-state index in [1.165, 1.54) is 44.5 Å². The summed E-state index contributed by atoms with van der Waals surface area (Å²) in [6.07, 6.45) is 0.840. The molecule has 0 saturated carbocycles. The Labute approximate surface area is 251 Å². The second-order valence-corrected chi connectivity index (χ2v) is 12.2. The number of hydrogen-bond acceptors (Lipinski definition) is 4. The van der Waals surface area contributed by atoms with E-state index in [0.29, 0.717) is 30.8 Å². The van der Waals surface area contributed by atoms with E-state index in [1.54, 1.807) is 0 Å². The van der Waals surface area contributed by atoms with Crippen molar-refractivity contribution in [1.82, 2.24) is 0 Å². The van der Waals surface area contributed by atoms with Crippen molar-refractivity contribution >= 4 is 0 Å². The molecule has 42 heavy (non-hydrogen) atoms. The van der Waals surface area contributed by atoms with Crippen molar-refractivity contribution in [3.05, 3.63) is 126 Å². The lowest BCUT2D eigenvalue weighted by Gasteiger charge is -2.20. The zero-order valence-corrected chi connectivity index (χ0v) is 26.5. The number of aromatic hydroxyl groups is 1. The van der Waals surface area contributed by atoms with Gasteiger partial charge in [-0.1, -0.05) is 59.7 Å². The van der Waals surface area contributed by atoms with E-state index in [0.717, 1.165) is 33.4 Å². The monoisotopic (exact) mass is 566 g/mol. The fourth-order valence-corrected chi connectivity index (χ4v) is 5.91. The highest BCUT2D eigenvalue weighted by atomic mass is 16.5. The third kappa shape index (κ3) is 7.24. The van der Waals surface area contributed by atoms with E-state index in [9.17, 15) is 15.3 Å². The van der Waals surface area contributed by atoms with Crippen LogP contribution < -0.4 is 4.74 Å². The Balaban J connectivity index is 1.75. The van der Waals surface area contributed by atoms with E-state index in [-0.39, 0.29) is 13.2 Å². The molecular formula is C38H46O4. The lowest BCUT2D eigenvalue weighted by Crippen LogP contribution is -2.22. The van der Waals surface area contributed by atoms with Gasteiger partial charge in [-0.2, -0.15) is 0 Å². The van der Waals surface area contributed by atoms with Crippen LogP contribution in [0.3, 0.4) is 0 Å². The maximum absolute atomic E-state index is 11.5. The molecule has 0 fully saturated rings. The zero-order chi connectivity index (χ0) is 30.7. The minimum atomic E-state index is -0.976. The van der Waals surface area contributed by atoms with Gasteiger partial charge in [0.25, 0.3) is 0 Å². The van der Waals surface area contributed by atoms with Crippen LogP contribution in [-0.4, -0.2) is 34.6 Å². The number of ether oxygens (including phenoxy) is 1. The van der Waals surface area contributed by atoms with Gasteiger partial charge in [-0.25, -0.2) is 0 Å². The quantitative estimate of drug-likeness (QED) is 0.188. The van der Waals surface area contributed by atoms with Crippen LogP contribution >= 0.6 is 0 Å². The first-order valence-electron chi connectivity index (χ1n) is 14.8. The Kier molecular flexibility index (Phi) is 9.81. The summed E-state index contributed by atoms with van der Waals surface area (Å²) in [4.78, 5) is 0. The molecule has 1 unspecified atom stereocenters. The molecule has 0 aliphatic carbocycles. The molecule has 0 heterocycles. The molecule has 222 valence electrons. The highest BCUT2D eigenvalue weighted by molar-refractivity contribution is 5.53. The van der Waals surface area contributed by atoms with E-state index in [4.69, 9.17) is 4.74 Å². The first-order chi connectivity index (χ1) is 19.9. The minimum Gasteiger partial charge on any atom is -0.507 e. The maximum Gasteiger partial charge on any atom is 0.126 e. The Bertz CT molecular complexity index is 1550.